The van der Waals surface area contributed by atoms with Gasteiger partial charge in [0.25, 0.3) is 0 Å². The van der Waals surface area contributed by atoms with E-state index >= 15 is 0 Å². The Labute approximate surface area is 192 Å². The molecule has 0 heterocycles. The average Bonchev–Trinajstić information content (AvgIpc) is 2.79. The highest BCUT2D eigenvalue weighted by Crippen LogP contribution is 2.38. The Hall–Kier alpha value is -2.69. The number of ether oxygens (including phenoxy) is 2. The van der Waals surface area contributed by atoms with Crippen LogP contribution in [0.4, 0.5) is 11.4 Å². The standard InChI is InChI=1S/C27H38N2O3/c1-2-3-4-6-20-7-9-21(10-8-20)22-11-13-26(14-12-22)31-15-5-16-32-27(30)23-17-24(28)19-25(29)18-23/h11-14,17-21H,2-10,15-16,28-29H2,1H3. The lowest BCUT2D eigenvalue weighted by atomic mass is 9.77. The minimum atomic E-state index is -0.423. The van der Waals surface area contributed by atoms with Gasteiger partial charge in [0.2, 0.25) is 0 Å². The molecule has 1 aliphatic carbocycles. The predicted molar refractivity (Wildman–Crippen MR) is 131 cm³/mol. The molecule has 0 unspecified atom stereocenters. The lowest BCUT2D eigenvalue weighted by Crippen LogP contribution is -2.13. The maximum atomic E-state index is 12.1. The molecule has 0 amide bonds. The van der Waals surface area contributed by atoms with Gasteiger partial charge in [0.05, 0.1) is 18.8 Å². The fraction of sp³-hybridized carbons (Fsp3) is 0.519. The molecule has 3 rings (SSSR count). The van der Waals surface area contributed by atoms with E-state index in [9.17, 15) is 4.79 Å². The van der Waals surface area contributed by atoms with Crippen molar-refractivity contribution >= 4 is 17.3 Å². The zero-order chi connectivity index (χ0) is 22.8. The molecule has 0 bridgehead atoms. The van der Waals surface area contributed by atoms with Gasteiger partial charge in [-0.3, -0.25) is 0 Å². The zero-order valence-electron chi connectivity index (χ0n) is 19.4. The molecular formula is C27H38N2O3. The average molecular weight is 439 g/mol. The van der Waals surface area contributed by atoms with Crippen LogP contribution in [0.2, 0.25) is 0 Å². The van der Waals surface area contributed by atoms with Crippen LogP contribution < -0.4 is 16.2 Å². The van der Waals surface area contributed by atoms with Gasteiger partial charge in [0, 0.05) is 17.8 Å². The third kappa shape index (κ3) is 7.47. The summed E-state index contributed by atoms with van der Waals surface area (Å²) in [6.07, 6.45) is 11.5. The molecule has 2 aromatic rings. The summed E-state index contributed by atoms with van der Waals surface area (Å²) in [7, 11) is 0. The minimum absolute atomic E-state index is 0.285. The molecule has 0 saturated heterocycles. The largest absolute Gasteiger partial charge is 0.493 e. The van der Waals surface area contributed by atoms with Crippen LogP contribution in [-0.2, 0) is 4.74 Å². The van der Waals surface area contributed by atoms with Crippen LogP contribution in [0.15, 0.2) is 42.5 Å². The second-order valence-corrected chi connectivity index (χ2v) is 9.01. The van der Waals surface area contributed by atoms with Crippen molar-refractivity contribution in [2.45, 2.75) is 70.6 Å². The Bertz CT molecular complexity index is 822. The molecule has 1 saturated carbocycles. The highest BCUT2D eigenvalue weighted by atomic mass is 16.5. The summed E-state index contributed by atoms with van der Waals surface area (Å²) in [5.41, 5.74) is 14.1. The highest BCUT2D eigenvalue weighted by Gasteiger charge is 2.22. The van der Waals surface area contributed by atoms with Gasteiger partial charge < -0.3 is 20.9 Å². The molecule has 0 spiro atoms. The molecule has 5 nitrogen and oxygen atoms in total. The van der Waals surface area contributed by atoms with Gasteiger partial charge >= 0.3 is 5.97 Å². The van der Waals surface area contributed by atoms with Crippen molar-refractivity contribution in [1.29, 1.82) is 0 Å². The number of rotatable bonds is 11. The third-order valence-electron chi connectivity index (χ3n) is 6.42. The van der Waals surface area contributed by atoms with Crippen molar-refractivity contribution in [2.75, 3.05) is 24.7 Å². The van der Waals surface area contributed by atoms with E-state index < -0.39 is 5.97 Å². The van der Waals surface area contributed by atoms with E-state index in [0.29, 0.717) is 35.9 Å². The van der Waals surface area contributed by atoms with Crippen molar-refractivity contribution in [3.05, 3.63) is 53.6 Å². The van der Waals surface area contributed by atoms with Gasteiger partial charge in [0.1, 0.15) is 5.75 Å². The van der Waals surface area contributed by atoms with Crippen LogP contribution in [0.1, 0.15) is 86.6 Å². The number of benzene rings is 2. The summed E-state index contributed by atoms with van der Waals surface area (Å²) in [4.78, 5) is 12.1. The SMILES string of the molecule is CCCCCC1CCC(c2ccc(OCCCOC(=O)c3cc(N)cc(N)c3)cc2)CC1. The van der Waals surface area contributed by atoms with Crippen molar-refractivity contribution in [3.8, 4) is 5.75 Å². The minimum Gasteiger partial charge on any atom is -0.493 e. The van der Waals surface area contributed by atoms with Crippen LogP contribution in [0.5, 0.6) is 5.75 Å². The Balaban J connectivity index is 1.33. The van der Waals surface area contributed by atoms with Gasteiger partial charge in [0.15, 0.2) is 0 Å². The number of esters is 1. The van der Waals surface area contributed by atoms with Crippen LogP contribution in [0.25, 0.3) is 0 Å². The lowest BCUT2D eigenvalue weighted by Gasteiger charge is -2.29. The van der Waals surface area contributed by atoms with Gasteiger partial charge in [-0.2, -0.15) is 0 Å². The van der Waals surface area contributed by atoms with Crippen molar-refractivity contribution < 1.29 is 14.3 Å². The fourth-order valence-corrected chi connectivity index (χ4v) is 4.60. The van der Waals surface area contributed by atoms with Crippen LogP contribution in [0.3, 0.4) is 0 Å². The smallest absolute Gasteiger partial charge is 0.338 e. The number of carbonyl (C=O) groups excluding carboxylic acids is 1. The first kappa shape index (κ1) is 24.0. The monoisotopic (exact) mass is 438 g/mol. The first-order chi connectivity index (χ1) is 15.5. The van der Waals surface area contributed by atoms with Gasteiger partial charge in [-0.05, 0) is 73.4 Å². The van der Waals surface area contributed by atoms with E-state index in [0.717, 1.165) is 11.7 Å². The summed E-state index contributed by atoms with van der Waals surface area (Å²) >= 11 is 0. The molecule has 0 atom stereocenters. The molecule has 0 aliphatic heterocycles. The summed E-state index contributed by atoms with van der Waals surface area (Å²) in [6.45, 7) is 3.06. The number of hydrogen-bond donors (Lipinski definition) is 2. The van der Waals surface area contributed by atoms with Gasteiger partial charge in [-0.25, -0.2) is 4.79 Å². The lowest BCUT2D eigenvalue weighted by molar-refractivity contribution is 0.0486. The van der Waals surface area contributed by atoms with Crippen LogP contribution in [0, 0.1) is 5.92 Å². The number of nitrogen functional groups attached to an aromatic ring is 2. The highest BCUT2D eigenvalue weighted by molar-refractivity contribution is 5.91. The maximum absolute atomic E-state index is 12.1. The number of hydrogen-bond acceptors (Lipinski definition) is 5. The predicted octanol–water partition coefficient (Wildman–Crippen LogP) is 6.33. The van der Waals surface area contributed by atoms with E-state index in [1.807, 2.05) is 0 Å². The number of carbonyl (C=O) groups is 1. The van der Waals surface area contributed by atoms with Gasteiger partial charge in [-0.15, -0.1) is 0 Å². The first-order valence-corrected chi connectivity index (χ1v) is 12.1. The Morgan fingerprint density at radius 3 is 2.25 bits per heavy atom. The van der Waals surface area contributed by atoms with Gasteiger partial charge in [-0.1, -0.05) is 44.7 Å². The molecule has 0 aromatic heterocycles. The number of nitrogens with two attached hydrogens (primary N) is 2. The summed E-state index contributed by atoms with van der Waals surface area (Å²) in [5.74, 6) is 2.06. The normalized spacial score (nSPS) is 18.3. The maximum Gasteiger partial charge on any atom is 0.338 e. The molecule has 1 fully saturated rings. The molecular weight excluding hydrogens is 400 g/mol. The quantitative estimate of drug-likeness (QED) is 0.243. The molecule has 2 aromatic carbocycles. The molecule has 174 valence electrons. The van der Waals surface area contributed by atoms with Crippen molar-refractivity contribution in [3.63, 3.8) is 0 Å². The van der Waals surface area contributed by atoms with Crippen molar-refractivity contribution in [2.24, 2.45) is 5.92 Å². The second kappa shape index (κ2) is 12.4. The van der Waals surface area contributed by atoms with E-state index in [-0.39, 0.29) is 6.61 Å². The van der Waals surface area contributed by atoms with Crippen LogP contribution >= 0.6 is 0 Å². The number of unbranched alkanes of at least 4 members (excludes halogenated alkanes) is 2. The molecule has 4 N–H and O–H groups in total. The van der Waals surface area contributed by atoms with E-state index in [1.165, 1.54) is 56.9 Å². The molecule has 1 aliphatic rings. The van der Waals surface area contributed by atoms with E-state index in [2.05, 4.69) is 31.2 Å². The topological polar surface area (TPSA) is 87.6 Å². The van der Waals surface area contributed by atoms with Crippen LogP contribution in [-0.4, -0.2) is 19.2 Å². The summed E-state index contributed by atoms with van der Waals surface area (Å²) in [6, 6.07) is 13.3. The number of anilines is 2. The fourth-order valence-electron chi connectivity index (χ4n) is 4.60. The molecule has 5 heteroatoms. The Morgan fingerprint density at radius 1 is 0.906 bits per heavy atom. The second-order valence-electron chi connectivity index (χ2n) is 9.01. The third-order valence-corrected chi connectivity index (χ3v) is 6.42. The first-order valence-electron chi connectivity index (χ1n) is 12.1. The van der Waals surface area contributed by atoms with E-state index in [1.54, 1.807) is 18.2 Å². The molecule has 32 heavy (non-hydrogen) atoms. The van der Waals surface area contributed by atoms with E-state index in [4.69, 9.17) is 20.9 Å². The summed E-state index contributed by atoms with van der Waals surface area (Å²) < 4.78 is 11.1. The Morgan fingerprint density at radius 2 is 1.59 bits per heavy atom. The molecule has 0 radical (unpaired) electrons. The zero-order valence-corrected chi connectivity index (χ0v) is 19.4. The van der Waals surface area contributed by atoms with Crippen molar-refractivity contribution in [1.82, 2.24) is 0 Å². The summed E-state index contributed by atoms with van der Waals surface area (Å²) in [5, 5.41) is 0. The Kier molecular flexibility index (Phi) is 9.27.